The molecule has 0 bridgehead atoms. The molecule has 0 aliphatic heterocycles. The topological polar surface area (TPSA) is 13.1 Å². The summed E-state index contributed by atoms with van der Waals surface area (Å²) in [6, 6.07) is 5.21. The fraction of sp³-hybridized carbons (Fsp3) is 0.667. The van der Waals surface area contributed by atoms with E-state index < -0.39 is 0 Å². The van der Waals surface area contributed by atoms with Gasteiger partial charge in [-0.1, -0.05) is 0 Å². The molecule has 21 heavy (non-hydrogen) atoms. The molecule has 1 heterocycles. The molecule has 0 radical (unpaired) electrons. The summed E-state index contributed by atoms with van der Waals surface area (Å²) < 4.78 is 10.4. The standard InChI is InChI=1S/C13H19O.C5H9.2W/c1-12(2,3)9-10-7-8-11(14-10)13(4,5)6;1-5(2,3)4;;/h8H,1-6H3;1-3H3;;/q2*-1;;. The zero-order chi connectivity index (χ0) is 17.1. The Morgan fingerprint density at radius 1 is 1.05 bits per heavy atom. The van der Waals surface area contributed by atoms with E-state index in [1.54, 1.807) is 0 Å². The first-order valence-electron chi connectivity index (χ1n) is 7.14. The van der Waals surface area contributed by atoms with E-state index in [-0.39, 0.29) is 10.8 Å². The second-order valence-corrected chi connectivity index (χ2v) is 10.5. The van der Waals surface area contributed by atoms with Gasteiger partial charge < -0.3 is 0 Å². The molecule has 1 aromatic heterocycles. The van der Waals surface area contributed by atoms with Crippen LogP contribution in [0.25, 0.3) is 0 Å². The molecule has 0 fully saturated rings. The second kappa shape index (κ2) is 7.78. The molecule has 0 saturated heterocycles. The summed E-state index contributed by atoms with van der Waals surface area (Å²) in [6.07, 6.45) is 0. The molecule has 0 unspecified atom stereocenters. The van der Waals surface area contributed by atoms with Crippen molar-refractivity contribution in [1.82, 2.24) is 0 Å². The number of hydrogen-bond acceptors (Lipinski definition) is 1. The summed E-state index contributed by atoms with van der Waals surface area (Å²) in [7, 11) is 0. The molecule has 1 rings (SSSR count). The molecule has 0 N–H and O–H groups in total. The normalized spacial score (nSPS) is 12.4. The first-order chi connectivity index (χ1) is 9.18. The van der Waals surface area contributed by atoms with E-state index >= 15 is 0 Å². The van der Waals surface area contributed by atoms with Gasteiger partial charge in [-0.25, -0.2) is 0 Å². The van der Waals surface area contributed by atoms with Crippen molar-refractivity contribution in [3.8, 4) is 0 Å². The van der Waals surface area contributed by atoms with Gasteiger partial charge in [-0.05, 0) is 0 Å². The predicted octanol–water partition coefficient (Wildman–Crippen LogP) is 4.75. The monoisotopic (exact) mass is 628 g/mol. The van der Waals surface area contributed by atoms with Crippen molar-refractivity contribution < 1.29 is 43.1 Å². The average Bonchev–Trinajstić information content (AvgIpc) is 2.75. The van der Waals surface area contributed by atoms with Gasteiger partial charge in [-0.3, -0.25) is 0 Å². The zero-order valence-corrected chi connectivity index (χ0v) is 20.7. The summed E-state index contributed by atoms with van der Waals surface area (Å²) in [5.41, 5.74) is 0.580. The van der Waals surface area contributed by atoms with Gasteiger partial charge in [-0.15, -0.1) is 0 Å². The van der Waals surface area contributed by atoms with E-state index in [0.29, 0.717) is 5.41 Å². The van der Waals surface area contributed by atoms with E-state index in [0.717, 1.165) is 11.5 Å². The molecule has 0 spiro atoms. The minimum atomic E-state index is 0.0717. The van der Waals surface area contributed by atoms with Gasteiger partial charge in [0.25, 0.3) is 0 Å². The van der Waals surface area contributed by atoms with Crippen LogP contribution in [0.4, 0.5) is 0 Å². The van der Waals surface area contributed by atoms with Gasteiger partial charge in [0.1, 0.15) is 0 Å². The van der Waals surface area contributed by atoms with Gasteiger partial charge in [0.05, 0.1) is 0 Å². The van der Waals surface area contributed by atoms with Gasteiger partial charge in [0, 0.05) is 0 Å². The molecular formula is C18H28OW2-2. The van der Waals surface area contributed by atoms with Crippen LogP contribution in [-0.4, -0.2) is 8.30 Å². The molecule has 1 nitrogen and oxygen atoms in total. The summed E-state index contributed by atoms with van der Waals surface area (Å²) in [5.74, 6) is 1.95. The van der Waals surface area contributed by atoms with Crippen LogP contribution in [0.3, 0.4) is 0 Å². The Balaban J connectivity index is 0.000000567. The van der Waals surface area contributed by atoms with Crippen LogP contribution in [0.1, 0.15) is 73.8 Å². The third-order valence-corrected chi connectivity index (χ3v) is 7.55. The Bertz CT molecular complexity index is 477. The molecular weight excluding hydrogens is 600 g/mol. The van der Waals surface area contributed by atoms with Crippen molar-refractivity contribution in [2.24, 2.45) is 10.8 Å². The number of hydrogen-bond donors (Lipinski definition) is 0. The van der Waals surface area contributed by atoms with Crippen LogP contribution in [0.15, 0.2) is 10.5 Å². The Morgan fingerprint density at radius 3 is 1.71 bits per heavy atom. The third-order valence-electron chi connectivity index (χ3n) is 2.48. The molecule has 0 aromatic carbocycles. The van der Waals surface area contributed by atoms with E-state index in [2.05, 4.69) is 72.8 Å². The minimum absolute atomic E-state index is 0.0717. The van der Waals surface area contributed by atoms with Gasteiger partial charge >= 0.3 is 154 Å². The van der Waals surface area contributed by atoms with Gasteiger partial charge in [-0.2, -0.15) is 0 Å². The quantitative estimate of drug-likeness (QED) is 0.410. The van der Waals surface area contributed by atoms with Crippen molar-refractivity contribution in [2.75, 3.05) is 0 Å². The van der Waals surface area contributed by atoms with E-state index in [4.69, 9.17) is 4.42 Å². The fourth-order valence-electron chi connectivity index (χ4n) is 1.12. The third kappa shape index (κ3) is 8.56. The van der Waals surface area contributed by atoms with Crippen molar-refractivity contribution in [2.45, 2.75) is 67.7 Å². The Hall–Kier alpha value is 0.397. The Kier molecular flexibility index (Phi) is 7.93. The van der Waals surface area contributed by atoms with Crippen LogP contribution in [0.5, 0.6) is 0 Å². The van der Waals surface area contributed by atoms with E-state index in [1.807, 2.05) is 6.07 Å². The van der Waals surface area contributed by atoms with Crippen LogP contribution in [0.2, 0.25) is 0 Å². The fourth-order valence-corrected chi connectivity index (χ4v) is 1.48. The average molecular weight is 628 g/mol. The van der Waals surface area contributed by atoms with E-state index in [1.165, 1.54) is 42.6 Å². The molecule has 3 heteroatoms. The summed E-state index contributed by atoms with van der Waals surface area (Å²) >= 11 is 2.90. The van der Waals surface area contributed by atoms with Crippen molar-refractivity contribution >= 4 is 8.30 Å². The predicted molar refractivity (Wildman–Crippen MR) is 84.3 cm³/mol. The van der Waals surface area contributed by atoms with Crippen molar-refractivity contribution in [3.63, 3.8) is 0 Å². The van der Waals surface area contributed by atoms with Gasteiger partial charge in [0.15, 0.2) is 0 Å². The SMILES string of the molecule is CC(C)(C)[C-]=[W].CC(C)(C)[C](=[W])c1[c-]cc(C(C)(C)C)o1. The van der Waals surface area contributed by atoms with Crippen LogP contribution >= 0.6 is 0 Å². The molecule has 120 valence electrons. The summed E-state index contributed by atoms with van der Waals surface area (Å²) in [6.45, 7) is 19.6. The second-order valence-electron chi connectivity index (χ2n) is 8.27. The number of furan rings is 1. The maximum absolute atomic E-state index is 5.86. The van der Waals surface area contributed by atoms with Crippen LogP contribution < -0.4 is 0 Å². The molecule has 0 saturated carbocycles. The zero-order valence-electron chi connectivity index (χ0n) is 14.8. The molecule has 0 atom stereocenters. The molecule has 1 aromatic rings. The van der Waals surface area contributed by atoms with Crippen molar-refractivity contribution in [1.29, 1.82) is 0 Å². The summed E-state index contributed by atoms with van der Waals surface area (Å²) in [4.78, 5) is 0. The van der Waals surface area contributed by atoms with Crippen LogP contribution in [0, 0.1) is 16.9 Å². The van der Waals surface area contributed by atoms with Crippen LogP contribution in [-0.2, 0) is 44.1 Å². The molecule has 0 aliphatic rings. The first kappa shape index (κ1) is 21.4. The number of rotatable bonds is 1. The summed E-state index contributed by atoms with van der Waals surface area (Å²) in [5, 5.41) is 0. The maximum atomic E-state index is 5.86. The molecule has 0 aliphatic carbocycles. The van der Waals surface area contributed by atoms with E-state index in [9.17, 15) is 0 Å². The Labute approximate surface area is 153 Å². The van der Waals surface area contributed by atoms with Gasteiger partial charge in [0.2, 0.25) is 0 Å². The van der Waals surface area contributed by atoms with Crippen molar-refractivity contribution in [3.05, 3.63) is 23.7 Å². The first-order valence-corrected chi connectivity index (χ1v) is 10.1. The molecule has 0 amide bonds. The Morgan fingerprint density at radius 2 is 1.48 bits per heavy atom.